The Bertz CT molecular complexity index is 1400. The number of likely N-dealkylation sites (tertiary alicyclic amines) is 1. The summed E-state index contributed by atoms with van der Waals surface area (Å²) in [5, 5.41) is 4.85. The van der Waals surface area contributed by atoms with Gasteiger partial charge in [0, 0.05) is 48.5 Å². The van der Waals surface area contributed by atoms with Gasteiger partial charge in [-0.3, -0.25) is 14.7 Å². The van der Waals surface area contributed by atoms with Crippen molar-refractivity contribution >= 4 is 28.5 Å². The Hall–Kier alpha value is -3.35. The minimum absolute atomic E-state index is 0.142. The van der Waals surface area contributed by atoms with Gasteiger partial charge in [0.25, 0.3) is 5.91 Å². The van der Waals surface area contributed by atoms with Crippen molar-refractivity contribution in [3.05, 3.63) is 95.0 Å². The Labute approximate surface area is 234 Å². The van der Waals surface area contributed by atoms with Gasteiger partial charge in [-0.05, 0) is 104 Å². The van der Waals surface area contributed by atoms with Crippen LogP contribution in [0, 0.1) is 5.92 Å². The molecule has 2 atom stereocenters. The smallest absolute Gasteiger partial charge is 0.287 e. The van der Waals surface area contributed by atoms with E-state index in [1.807, 2.05) is 48.8 Å². The van der Waals surface area contributed by atoms with Crippen LogP contribution in [0.3, 0.4) is 0 Å². The Kier molecular flexibility index (Phi) is 7.84. The standard InChI is InChI=1S/C32H34ClN3O3/c33-26-4-1-23(2-5-26)21-36-15-11-28(12-16-36)38-29-7-8-30-25(19-29)20-31(39-30)32(37)35-27-6-3-24(18-27)17-22-9-13-34-14-10-22/h1-2,4-5,7-10,13-14,19-20,24,27-28H,3,6,11-12,15-18,21H2,(H,35,37)/t24?,27-/m0/s1. The van der Waals surface area contributed by atoms with E-state index in [2.05, 4.69) is 39.5 Å². The number of nitrogens with zero attached hydrogens (tertiary/aromatic N) is 2. The zero-order valence-electron chi connectivity index (χ0n) is 22.0. The molecule has 2 aliphatic rings. The van der Waals surface area contributed by atoms with Gasteiger partial charge in [0.15, 0.2) is 5.76 Å². The number of hydrogen-bond acceptors (Lipinski definition) is 5. The molecule has 4 aromatic rings. The summed E-state index contributed by atoms with van der Waals surface area (Å²) in [6, 6.07) is 20.1. The summed E-state index contributed by atoms with van der Waals surface area (Å²) >= 11 is 6.01. The average Bonchev–Trinajstić information content (AvgIpc) is 3.58. The lowest BCUT2D eigenvalue weighted by Crippen LogP contribution is -2.37. The highest BCUT2D eigenvalue weighted by Crippen LogP contribution is 2.30. The highest BCUT2D eigenvalue weighted by molar-refractivity contribution is 6.30. The molecule has 2 fully saturated rings. The number of hydrogen-bond donors (Lipinski definition) is 1. The monoisotopic (exact) mass is 543 g/mol. The first-order chi connectivity index (χ1) is 19.1. The molecule has 6 nitrogen and oxygen atoms in total. The van der Waals surface area contributed by atoms with E-state index in [0.717, 1.165) is 74.3 Å². The van der Waals surface area contributed by atoms with Gasteiger partial charge in [-0.2, -0.15) is 0 Å². The number of fused-ring (bicyclic) bond motifs is 1. The van der Waals surface area contributed by atoms with Gasteiger partial charge >= 0.3 is 0 Å². The van der Waals surface area contributed by atoms with E-state index in [1.165, 1.54) is 11.1 Å². The van der Waals surface area contributed by atoms with Crippen molar-refractivity contribution in [1.29, 1.82) is 0 Å². The number of aromatic nitrogens is 1. The van der Waals surface area contributed by atoms with Gasteiger partial charge in [-0.15, -0.1) is 0 Å². The zero-order chi connectivity index (χ0) is 26.6. The van der Waals surface area contributed by atoms with Gasteiger partial charge in [0.05, 0.1) is 0 Å². The molecule has 1 saturated heterocycles. The van der Waals surface area contributed by atoms with E-state index >= 15 is 0 Å². The number of piperidine rings is 1. The topological polar surface area (TPSA) is 67.6 Å². The number of ether oxygens (including phenoxy) is 1. The van der Waals surface area contributed by atoms with Crippen LogP contribution in [-0.4, -0.2) is 41.0 Å². The van der Waals surface area contributed by atoms with Gasteiger partial charge < -0.3 is 14.5 Å². The molecule has 3 heterocycles. The third kappa shape index (κ3) is 6.63. The molecule has 0 bridgehead atoms. The highest BCUT2D eigenvalue weighted by Gasteiger charge is 2.27. The van der Waals surface area contributed by atoms with Crippen LogP contribution in [0.5, 0.6) is 5.75 Å². The lowest BCUT2D eigenvalue weighted by Gasteiger charge is -2.32. The lowest BCUT2D eigenvalue weighted by molar-refractivity contribution is 0.0911. The van der Waals surface area contributed by atoms with E-state index in [-0.39, 0.29) is 18.1 Å². The predicted molar refractivity (Wildman–Crippen MR) is 153 cm³/mol. The maximum atomic E-state index is 13.0. The van der Waals surface area contributed by atoms with E-state index in [0.29, 0.717) is 17.3 Å². The van der Waals surface area contributed by atoms with Crippen molar-refractivity contribution in [2.45, 2.75) is 57.2 Å². The second-order valence-electron chi connectivity index (χ2n) is 10.9. The average molecular weight is 544 g/mol. The van der Waals surface area contributed by atoms with Crippen molar-refractivity contribution in [2.24, 2.45) is 5.92 Å². The molecule has 1 unspecified atom stereocenters. The molecule has 202 valence electrons. The van der Waals surface area contributed by atoms with Crippen LogP contribution in [0.2, 0.25) is 5.02 Å². The molecule has 0 radical (unpaired) electrons. The Morgan fingerprint density at radius 1 is 0.974 bits per heavy atom. The third-order valence-electron chi connectivity index (χ3n) is 8.02. The number of carbonyl (C=O) groups excluding carboxylic acids is 1. The van der Waals surface area contributed by atoms with Crippen molar-refractivity contribution in [3.8, 4) is 5.75 Å². The normalized spacial score (nSPS) is 20.3. The Morgan fingerprint density at radius 3 is 2.56 bits per heavy atom. The Balaban J connectivity index is 0.997. The van der Waals surface area contributed by atoms with E-state index < -0.39 is 0 Å². The number of pyridine rings is 1. The molecule has 39 heavy (non-hydrogen) atoms. The number of halogens is 1. The molecular weight excluding hydrogens is 510 g/mol. The summed E-state index contributed by atoms with van der Waals surface area (Å²) in [5.41, 5.74) is 3.29. The van der Waals surface area contributed by atoms with Crippen LogP contribution < -0.4 is 10.1 Å². The number of rotatable bonds is 8. The number of furan rings is 1. The van der Waals surface area contributed by atoms with Crippen LogP contribution in [0.1, 0.15) is 53.8 Å². The maximum absolute atomic E-state index is 13.0. The zero-order valence-corrected chi connectivity index (χ0v) is 22.8. The maximum Gasteiger partial charge on any atom is 0.287 e. The summed E-state index contributed by atoms with van der Waals surface area (Å²) in [4.78, 5) is 19.5. The summed E-state index contributed by atoms with van der Waals surface area (Å²) in [5.74, 6) is 1.62. The third-order valence-corrected chi connectivity index (χ3v) is 8.27. The first kappa shape index (κ1) is 25.9. The molecule has 1 saturated carbocycles. The van der Waals surface area contributed by atoms with Gasteiger partial charge in [0.2, 0.25) is 0 Å². The number of amides is 1. The fourth-order valence-corrected chi connectivity index (χ4v) is 6.06. The Morgan fingerprint density at radius 2 is 1.77 bits per heavy atom. The van der Waals surface area contributed by atoms with Gasteiger partial charge in [-0.25, -0.2) is 0 Å². The molecule has 0 spiro atoms. The summed E-state index contributed by atoms with van der Waals surface area (Å²) in [6.45, 7) is 2.92. The van der Waals surface area contributed by atoms with Gasteiger partial charge in [0.1, 0.15) is 17.4 Å². The minimum Gasteiger partial charge on any atom is -0.490 e. The highest BCUT2D eigenvalue weighted by atomic mass is 35.5. The van der Waals surface area contributed by atoms with Crippen LogP contribution in [0.25, 0.3) is 11.0 Å². The molecule has 1 aliphatic carbocycles. The number of nitrogens with one attached hydrogen (secondary N) is 1. The summed E-state index contributed by atoms with van der Waals surface area (Å²) < 4.78 is 12.2. The van der Waals surface area contributed by atoms with Crippen molar-refractivity contribution < 1.29 is 13.9 Å². The summed E-state index contributed by atoms with van der Waals surface area (Å²) in [7, 11) is 0. The van der Waals surface area contributed by atoms with Gasteiger partial charge in [-0.1, -0.05) is 23.7 Å². The van der Waals surface area contributed by atoms with Crippen molar-refractivity contribution in [2.75, 3.05) is 13.1 Å². The fraction of sp³-hybridized carbons (Fsp3) is 0.375. The van der Waals surface area contributed by atoms with E-state index in [9.17, 15) is 4.79 Å². The van der Waals surface area contributed by atoms with Crippen molar-refractivity contribution in [1.82, 2.24) is 15.2 Å². The first-order valence-corrected chi connectivity index (χ1v) is 14.3. The molecule has 6 rings (SSSR count). The first-order valence-electron chi connectivity index (χ1n) is 13.9. The largest absolute Gasteiger partial charge is 0.490 e. The van der Waals surface area contributed by atoms with E-state index in [1.54, 1.807) is 0 Å². The lowest BCUT2D eigenvalue weighted by atomic mass is 9.98. The predicted octanol–water partition coefficient (Wildman–Crippen LogP) is 6.67. The molecular formula is C32H34ClN3O3. The number of carbonyl (C=O) groups is 1. The molecule has 1 N–H and O–H groups in total. The molecule has 7 heteroatoms. The molecule has 1 amide bonds. The van der Waals surface area contributed by atoms with Crippen LogP contribution >= 0.6 is 11.6 Å². The van der Waals surface area contributed by atoms with Crippen LogP contribution in [-0.2, 0) is 13.0 Å². The summed E-state index contributed by atoms with van der Waals surface area (Å²) in [6.07, 6.45) is 9.97. The second-order valence-corrected chi connectivity index (χ2v) is 11.4. The fourth-order valence-electron chi connectivity index (χ4n) is 5.93. The van der Waals surface area contributed by atoms with Crippen LogP contribution in [0.15, 0.2) is 77.5 Å². The minimum atomic E-state index is -0.142. The second kappa shape index (κ2) is 11.8. The van der Waals surface area contributed by atoms with E-state index in [4.69, 9.17) is 20.8 Å². The molecule has 2 aromatic heterocycles. The number of benzene rings is 2. The molecule has 1 aliphatic heterocycles. The van der Waals surface area contributed by atoms with Crippen molar-refractivity contribution in [3.63, 3.8) is 0 Å². The molecule has 2 aromatic carbocycles. The van der Waals surface area contributed by atoms with Crippen LogP contribution in [0.4, 0.5) is 0 Å². The quantitative estimate of drug-likeness (QED) is 0.269. The SMILES string of the molecule is O=C(N[C@H]1CCC(Cc2ccncc2)C1)c1cc2cc(OC3CCN(Cc4ccc(Cl)cc4)CC3)ccc2o1.